The SMILES string of the molecule is CC1=CNC(NCCc2ccc(Oc3ccc(Cl)c(C(F)(F)F)c3)cc2)N=C1. The molecule has 4 nitrogen and oxygen atoms in total. The fourth-order valence-corrected chi connectivity index (χ4v) is 2.82. The number of allylic oxidation sites excluding steroid dienone is 1. The Labute approximate surface area is 166 Å². The zero-order chi connectivity index (χ0) is 20.1. The smallest absolute Gasteiger partial charge is 0.417 e. The second-order valence-corrected chi connectivity index (χ2v) is 6.73. The van der Waals surface area contributed by atoms with Crippen LogP contribution < -0.4 is 15.4 Å². The molecule has 1 atom stereocenters. The van der Waals surface area contributed by atoms with Crippen molar-refractivity contribution in [2.75, 3.05) is 6.54 Å². The molecule has 0 amide bonds. The van der Waals surface area contributed by atoms with Crippen LogP contribution in [0.4, 0.5) is 13.2 Å². The molecule has 0 spiro atoms. The number of hydrogen-bond donors (Lipinski definition) is 2. The first kappa shape index (κ1) is 20.2. The highest BCUT2D eigenvalue weighted by atomic mass is 35.5. The zero-order valence-corrected chi connectivity index (χ0v) is 15.8. The maximum Gasteiger partial charge on any atom is 0.417 e. The normalized spacial score (nSPS) is 16.5. The molecule has 8 heteroatoms. The van der Waals surface area contributed by atoms with Crippen molar-refractivity contribution in [2.45, 2.75) is 25.8 Å². The molecule has 1 unspecified atom stereocenters. The monoisotopic (exact) mass is 409 g/mol. The highest BCUT2D eigenvalue weighted by Crippen LogP contribution is 2.37. The van der Waals surface area contributed by atoms with Crippen molar-refractivity contribution >= 4 is 17.8 Å². The number of rotatable bonds is 6. The van der Waals surface area contributed by atoms with E-state index in [-0.39, 0.29) is 17.1 Å². The minimum atomic E-state index is -4.53. The van der Waals surface area contributed by atoms with Crippen molar-refractivity contribution in [3.63, 3.8) is 0 Å². The van der Waals surface area contributed by atoms with Crippen LogP contribution in [0.15, 0.2) is 59.2 Å². The van der Waals surface area contributed by atoms with Gasteiger partial charge in [-0.05, 0) is 54.8 Å². The molecule has 0 aromatic heterocycles. The maximum atomic E-state index is 12.9. The predicted molar refractivity (Wildman–Crippen MR) is 104 cm³/mol. The second-order valence-electron chi connectivity index (χ2n) is 6.33. The van der Waals surface area contributed by atoms with Gasteiger partial charge in [-0.25, -0.2) is 0 Å². The lowest BCUT2D eigenvalue weighted by molar-refractivity contribution is -0.137. The van der Waals surface area contributed by atoms with Crippen LogP contribution >= 0.6 is 11.6 Å². The second kappa shape index (κ2) is 8.67. The Morgan fingerprint density at radius 2 is 1.86 bits per heavy atom. The topological polar surface area (TPSA) is 45.6 Å². The van der Waals surface area contributed by atoms with Crippen LogP contribution in [0.25, 0.3) is 0 Å². The lowest BCUT2D eigenvalue weighted by Gasteiger charge is -2.18. The average Bonchev–Trinajstić information content (AvgIpc) is 2.65. The lowest BCUT2D eigenvalue weighted by atomic mass is 10.1. The van der Waals surface area contributed by atoms with E-state index in [1.807, 2.05) is 25.3 Å². The summed E-state index contributed by atoms with van der Waals surface area (Å²) in [5.74, 6) is 0.530. The van der Waals surface area contributed by atoms with E-state index >= 15 is 0 Å². The molecular weight excluding hydrogens is 391 g/mol. The molecule has 2 aromatic rings. The van der Waals surface area contributed by atoms with E-state index in [1.54, 1.807) is 18.3 Å². The van der Waals surface area contributed by atoms with E-state index in [4.69, 9.17) is 16.3 Å². The van der Waals surface area contributed by atoms with Gasteiger partial charge in [-0.1, -0.05) is 23.7 Å². The highest BCUT2D eigenvalue weighted by Gasteiger charge is 2.33. The Kier molecular flexibility index (Phi) is 6.26. The standard InChI is InChI=1S/C20H19ClF3N3O/c1-13-11-26-19(27-12-13)25-9-8-14-2-4-15(5-3-14)28-16-6-7-18(21)17(10-16)20(22,23)24/h2-7,10-12,19,25-26H,8-9H2,1H3. The van der Waals surface area contributed by atoms with Crippen LogP contribution in [0, 0.1) is 0 Å². The van der Waals surface area contributed by atoms with Crippen molar-refractivity contribution in [2.24, 2.45) is 4.99 Å². The number of halogens is 4. The third-order valence-electron chi connectivity index (χ3n) is 4.05. The van der Waals surface area contributed by atoms with E-state index in [2.05, 4.69) is 15.6 Å². The van der Waals surface area contributed by atoms with Gasteiger partial charge in [0.15, 0.2) is 6.29 Å². The molecule has 0 fully saturated rings. The van der Waals surface area contributed by atoms with Crippen LogP contribution in [0.1, 0.15) is 18.1 Å². The first-order chi connectivity index (χ1) is 13.3. The molecule has 1 aliphatic rings. The number of ether oxygens (including phenoxy) is 1. The number of alkyl halides is 3. The molecule has 0 bridgehead atoms. The van der Waals surface area contributed by atoms with Gasteiger partial charge in [0.2, 0.25) is 0 Å². The van der Waals surface area contributed by atoms with Gasteiger partial charge in [-0.2, -0.15) is 13.2 Å². The number of benzene rings is 2. The van der Waals surface area contributed by atoms with Gasteiger partial charge in [0.25, 0.3) is 0 Å². The third-order valence-corrected chi connectivity index (χ3v) is 4.38. The lowest BCUT2D eigenvalue weighted by Crippen LogP contribution is -2.40. The van der Waals surface area contributed by atoms with E-state index in [9.17, 15) is 13.2 Å². The first-order valence-corrected chi connectivity index (χ1v) is 9.02. The Morgan fingerprint density at radius 3 is 2.50 bits per heavy atom. The molecular formula is C20H19ClF3N3O. The molecule has 1 heterocycles. The van der Waals surface area contributed by atoms with Gasteiger partial charge >= 0.3 is 6.18 Å². The predicted octanol–water partition coefficient (Wildman–Crippen LogP) is 5.14. The number of nitrogens with zero attached hydrogens (tertiary/aromatic N) is 1. The van der Waals surface area contributed by atoms with Crippen LogP contribution in [-0.2, 0) is 12.6 Å². The van der Waals surface area contributed by atoms with E-state index in [0.717, 1.165) is 23.6 Å². The quantitative estimate of drug-likeness (QED) is 0.694. The molecule has 28 heavy (non-hydrogen) atoms. The zero-order valence-electron chi connectivity index (χ0n) is 15.1. The Bertz CT molecular complexity index is 879. The first-order valence-electron chi connectivity index (χ1n) is 8.64. The number of aliphatic imine (C=N–C) groups is 1. The summed E-state index contributed by atoms with van der Waals surface area (Å²) in [6.45, 7) is 2.68. The van der Waals surface area contributed by atoms with Crippen molar-refractivity contribution in [1.82, 2.24) is 10.6 Å². The highest BCUT2D eigenvalue weighted by molar-refractivity contribution is 6.31. The number of hydrogen-bond acceptors (Lipinski definition) is 4. The van der Waals surface area contributed by atoms with Crippen molar-refractivity contribution in [3.8, 4) is 11.5 Å². The molecule has 0 saturated carbocycles. The molecule has 0 aliphatic carbocycles. The van der Waals surface area contributed by atoms with Gasteiger partial charge in [0, 0.05) is 19.0 Å². The summed E-state index contributed by atoms with van der Waals surface area (Å²) < 4.78 is 44.3. The van der Waals surface area contributed by atoms with E-state index in [1.165, 1.54) is 12.1 Å². The largest absolute Gasteiger partial charge is 0.457 e. The van der Waals surface area contributed by atoms with Gasteiger partial charge in [-0.15, -0.1) is 0 Å². The van der Waals surface area contributed by atoms with Gasteiger partial charge in [0.1, 0.15) is 11.5 Å². The van der Waals surface area contributed by atoms with Crippen molar-refractivity contribution < 1.29 is 17.9 Å². The van der Waals surface area contributed by atoms with E-state index < -0.39 is 11.7 Å². The summed E-state index contributed by atoms with van der Waals surface area (Å²) in [5.41, 5.74) is 1.22. The summed E-state index contributed by atoms with van der Waals surface area (Å²) in [6.07, 6.45) is -0.187. The van der Waals surface area contributed by atoms with Crippen molar-refractivity contribution in [3.05, 3.63) is 70.4 Å². The Hall–Kier alpha value is -2.51. The minimum Gasteiger partial charge on any atom is -0.457 e. The summed E-state index contributed by atoms with van der Waals surface area (Å²) in [4.78, 5) is 4.31. The summed E-state index contributed by atoms with van der Waals surface area (Å²) in [6, 6.07) is 10.7. The van der Waals surface area contributed by atoms with Gasteiger partial charge in [-0.3, -0.25) is 10.3 Å². The summed E-state index contributed by atoms with van der Waals surface area (Å²) in [5, 5.41) is 6.04. The Balaban J connectivity index is 1.54. The average molecular weight is 410 g/mol. The fraction of sp³-hybridized carbons (Fsp3) is 0.250. The van der Waals surface area contributed by atoms with Gasteiger partial charge < -0.3 is 10.1 Å². The van der Waals surface area contributed by atoms with Crippen LogP contribution in [0.5, 0.6) is 11.5 Å². The maximum absolute atomic E-state index is 12.9. The number of nitrogens with one attached hydrogen (secondary N) is 2. The van der Waals surface area contributed by atoms with Crippen LogP contribution in [0.3, 0.4) is 0 Å². The molecule has 2 aromatic carbocycles. The fourth-order valence-electron chi connectivity index (χ4n) is 2.59. The molecule has 1 aliphatic heterocycles. The molecule has 3 rings (SSSR count). The van der Waals surface area contributed by atoms with Gasteiger partial charge in [0.05, 0.1) is 10.6 Å². The summed E-state index contributed by atoms with van der Waals surface area (Å²) in [7, 11) is 0. The molecule has 148 valence electrons. The summed E-state index contributed by atoms with van der Waals surface area (Å²) >= 11 is 5.62. The van der Waals surface area contributed by atoms with Crippen LogP contribution in [-0.4, -0.2) is 19.0 Å². The molecule has 2 N–H and O–H groups in total. The van der Waals surface area contributed by atoms with Crippen LogP contribution in [0.2, 0.25) is 5.02 Å². The van der Waals surface area contributed by atoms with Crippen molar-refractivity contribution in [1.29, 1.82) is 0 Å². The minimum absolute atomic E-state index is 0.0794. The van der Waals surface area contributed by atoms with E-state index in [0.29, 0.717) is 12.3 Å². The molecule has 0 saturated heterocycles. The molecule has 0 radical (unpaired) electrons. The third kappa shape index (κ3) is 5.50. The Morgan fingerprint density at radius 1 is 1.14 bits per heavy atom.